The minimum Gasteiger partial charge on any atom is -0.497 e. The second-order valence-corrected chi connectivity index (χ2v) is 12.3. The Bertz CT molecular complexity index is 1430. The van der Waals surface area contributed by atoms with Gasteiger partial charge in [0.15, 0.2) is 0 Å². The molecule has 0 aliphatic carbocycles. The number of methoxy groups -OCH3 is 1. The number of carbonyl (C=O) groups is 2. The Balaban J connectivity index is 2.06. The first-order valence-corrected chi connectivity index (χ1v) is 15.7. The van der Waals surface area contributed by atoms with Gasteiger partial charge < -0.3 is 15.0 Å². The number of halogens is 1. The molecule has 0 aliphatic rings. The van der Waals surface area contributed by atoms with Crippen molar-refractivity contribution in [3.63, 3.8) is 0 Å². The molecule has 8 nitrogen and oxygen atoms in total. The van der Waals surface area contributed by atoms with Crippen molar-refractivity contribution >= 4 is 39.1 Å². The normalized spacial score (nSPS) is 11.9. The number of sulfonamides is 1. The maximum Gasteiger partial charge on any atom is 0.244 e. The Labute approximate surface area is 248 Å². The van der Waals surface area contributed by atoms with Gasteiger partial charge in [0.1, 0.15) is 18.3 Å². The first-order chi connectivity index (χ1) is 19.5. The van der Waals surface area contributed by atoms with E-state index in [1.807, 2.05) is 49.4 Å². The Hall–Kier alpha value is -3.56. The van der Waals surface area contributed by atoms with Crippen LogP contribution in [0.4, 0.5) is 5.69 Å². The van der Waals surface area contributed by atoms with Crippen molar-refractivity contribution in [3.8, 4) is 5.75 Å². The smallest absolute Gasteiger partial charge is 0.244 e. The third kappa shape index (κ3) is 9.23. The number of nitrogens with one attached hydrogen (secondary N) is 1. The fourth-order valence-corrected chi connectivity index (χ4v) is 5.65. The number of hydrogen-bond donors (Lipinski definition) is 1. The fourth-order valence-electron chi connectivity index (χ4n) is 4.52. The fraction of sp³-hybridized carbons (Fsp3) is 0.355. The van der Waals surface area contributed by atoms with Crippen molar-refractivity contribution in [2.24, 2.45) is 0 Å². The minimum atomic E-state index is -3.87. The average Bonchev–Trinajstić information content (AvgIpc) is 2.94. The van der Waals surface area contributed by atoms with Crippen LogP contribution in [-0.4, -0.2) is 57.6 Å². The predicted octanol–water partition coefficient (Wildman–Crippen LogP) is 4.98. The van der Waals surface area contributed by atoms with E-state index in [0.717, 1.165) is 34.5 Å². The van der Waals surface area contributed by atoms with Crippen molar-refractivity contribution in [1.82, 2.24) is 10.2 Å². The molecule has 0 saturated carbocycles. The van der Waals surface area contributed by atoms with Crippen LogP contribution in [-0.2, 0) is 32.6 Å². The van der Waals surface area contributed by atoms with Crippen molar-refractivity contribution in [1.29, 1.82) is 0 Å². The molecule has 0 unspecified atom stereocenters. The Kier molecular flexibility index (Phi) is 11.6. The highest BCUT2D eigenvalue weighted by molar-refractivity contribution is 7.92. The standard InChI is InChI=1S/C31H38ClN3O5S/c1-5-6-17-33-31(37)29(20-24-11-8-7-9-12-24)34(21-25-13-10-14-27(19-25)40-3)30(36)22-35(41(4,38)39)28-16-15-26(32)18-23(28)2/h7-16,18-19,29H,5-6,17,20-22H2,1-4H3,(H,33,37)/t29-/m1/s1. The molecule has 0 radical (unpaired) electrons. The molecule has 0 aliphatic heterocycles. The second kappa shape index (κ2) is 14.9. The highest BCUT2D eigenvalue weighted by Crippen LogP contribution is 2.26. The molecular formula is C31H38ClN3O5S. The number of unbranched alkanes of at least 4 members (excludes halogenated alkanes) is 1. The second-order valence-electron chi connectivity index (χ2n) is 9.92. The van der Waals surface area contributed by atoms with Crippen LogP contribution in [0, 0.1) is 6.92 Å². The molecule has 0 spiro atoms. The summed E-state index contributed by atoms with van der Waals surface area (Å²) < 4.78 is 32.4. The number of aryl methyl sites for hydroxylation is 1. The number of nitrogens with zero attached hydrogens (tertiary/aromatic N) is 2. The largest absolute Gasteiger partial charge is 0.497 e. The Morgan fingerprint density at radius 2 is 1.71 bits per heavy atom. The zero-order chi connectivity index (χ0) is 30.0. The molecule has 0 fully saturated rings. The summed E-state index contributed by atoms with van der Waals surface area (Å²) in [5, 5.41) is 3.43. The van der Waals surface area contributed by atoms with Gasteiger partial charge in [-0.3, -0.25) is 13.9 Å². The van der Waals surface area contributed by atoms with Crippen LogP contribution in [0.15, 0.2) is 72.8 Å². The number of benzene rings is 3. The quantitative estimate of drug-likeness (QED) is 0.264. The monoisotopic (exact) mass is 599 g/mol. The molecule has 2 amide bonds. The van der Waals surface area contributed by atoms with Crippen LogP contribution >= 0.6 is 11.6 Å². The maximum absolute atomic E-state index is 14.2. The van der Waals surface area contributed by atoms with Crippen LogP contribution in [0.25, 0.3) is 0 Å². The van der Waals surface area contributed by atoms with E-state index in [4.69, 9.17) is 16.3 Å². The van der Waals surface area contributed by atoms with Gasteiger partial charge in [-0.2, -0.15) is 0 Å². The highest BCUT2D eigenvalue weighted by Gasteiger charge is 2.33. The maximum atomic E-state index is 14.2. The van der Waals surface area contributed by atoms with Gasteiger partial charge in [0.05, 0.1) is 19.1 Å². The Morgan fingerprint density at radius 3 is 2.34 bits per heavy atom. The molecule has 3 aromatic rings. The molecule has 3 rings (SSSR count). The summed E-state index contributed by atoms with van der Waals surface area (Å²) in [5.41, 5.74) is 2.57. The van der Waals surface area contributed by atoms with Gasteiger partial charge in [-0.15, -0.1) is 0 Å². The summed E-state index contributed by atoms with van der Waals surface area (Å²) >= 11 is 6.11. The van der Waals surface area contributed by atoms with Crippen LogP contribution in [0.3, 0.4) is 0 Å². The van der Waals surface area contributed by atoms with E-state index in [1.165, 1.54) is 4.90 Å². The Morgan fingerprint density at radius 1 is 1.00 bits per heavy atom. The van der Waals surface area contributed by atoms with Crippen LogP contribution in [0.2, 0.25) is 5.02 Å². The molecule has 0 saturated heterocycles. The van der Waals surface area contributed by atoms with Gasteiger partial charge in [0.25, 0.3) is 0 Å². The molecule has 1 N–H and O–H groups in total. The third-order valence-corrected chi connectivity index (χ3v) is 8.06. The first kappa shape index (κ1) is 32.0. The number of amides is 2. The molecule has 0 heterocycles. The lowest BCUT2D eigenvalue weighted by molar-refractivity contribution is -0.140. The van der Waals surface area contributed by atoms with Gasteiger partial charge in [-0.25, -0.2) is 8.42 Å². The minimum absolute atomic E-state index is 0.0753. The summed E-state index contributed by atoms with van der Waals surface area (Å²) in [6, 6.07) is 20.6. The number of hydrogen-bond acceptors (Lipinski definition) is 5. The molecule has 1 atom stereocenters. The lowest BCUT2D eigenvalue weighted by atomic mass is 10.0. The van der Waals surface area contributed by atoms with E-state index < -0.39 is 28.5 Å². The molecule has 0 aromatic heterocycles. The van der Waals surface area contributed by atoms with Crippen LogP contribution in [0.1, 0.15) is 36.5 Å². The zero-order valence-corrected chi connectivity index (χ0v) is 25.5. The number of anilines is 1. The van der Waals surface area contributed by atoms with Gasteiger partial charge in [0, 0.05) is 24.5 Å². The SMILES string of the molecule is CCCCNC(=O)[C@@H](Cc1ccccc1)N(Cc1cccc(OC)c1)C(=O)CN(c1ccc(Cl)cc1C)S(C)(=O)=O. The summed E-state index contributed by atoms with van der Waals surface area (Å²) in [5.74, 6) is -0.206. The lowest BCUT2D eigenvalue weighted by Gasteiger charge is -2.34. The van der Waals surface area contributed by atoms with Crippen molar-refractivity contribution in [2.75, 3.05) is 30.8 Å². The van der Waals surface area contributed by atoms with Crippen molar-refractivity contribution < 1.29 is 22.7 Å². The first-order valence-electron chi connectivity index (χ1n) is 13.5. The van der Waals surface area contributed by atoms with Gasteiger partial charge in [0.2, 0.25) is 21.8 Å². The summed E-state index contributed by atoms with van der Waals surface area (Å²) in [6.45, 7) is 3.83. The summed E-state index contributed by atoms with van der Waals surface area (Å²) in [7, 11) is -2.31. The van der Waals surface area contributed by atoms with E-state index in [2.05, 4.69) is 5.32 Å². The van der Waals surface area contributed by atoms with Gasteiger partial charge in [-0.05, 0) is 60.4 Å². The van der Waals surface area contributed by atoms with E-state index in [-0.39, 0.29) is 18.9 Å². The van der Waals surface area contributed by atoms with E-state index in [0.29, 0.717) is 28.6 Å². The lowest BCUT2D eigenvalue weighted by Crippen LogP contribution is -2.53. The number of rotatable bonds is 14. The van der Waals surface area contributed by atoms with Gasteiger partial charge in [-0.1, -0.05) is 67.4 Å². The van der Waals surface area contributed by atoms with Crippen molar-refractivity contribution in [3.05, 3.63) is 94.5 Å². The van der Waals surface area contributed by atoms with Gasteiger partial charge >= 0.3 is 0 Å². The summed E-state index contributed by atoms with van der Waals surface area (Å²) in [6.07, 6.45) is 3.01. The molecule has 0 bridgehead atoms. The highest BCUT2D eigenvalue weighted by atomic mass is 35.5. The average molecular weight is 600 g/mol. The molecule has 220 valence electrons. The number of ether oxygens (including phenoxy) is 1. The van der Waals surface area contributed by atoms with E-state index in [9.17, 15) is 18.0 Å². The van der Waals surface area contributed by atoms with E-state index >= 15 is 0 Å². The molecular weight excluding hydrogens is 562 g/mol. The molecule has 41 heavy (non-hydrogen) atoms. The topological polar surface area (TPSA) is 96.0 Å². The third-order valence-electron chi connectivity index (χ3n) is 6.69. The molecule has 3 aromatic carbocycles. The van der Waals surface area contributed by atoms with E-state index in [1.54, 1.807) is 44.4 Å². The van der Waals surface area contributed by atoms with Crippen LogP contribution in [0.5, 0.6) is 5.75 Å². The summed E-state index contributed by atoms with van der Waals surface area (Å²) in [4.78, 5) is 29.3. The number of carbonyl (C=O) groups excluding carboxylic acids is 2. The van der Waals surface area contributed by atoms with Crippen LogP contribution < -0.4 is 14.4 Å². The molecule has 10 heteroatoms. The predicted molar refractivity (Wildman–Crippen MR) is 164 cm³/mol. The zero-order valence-electron chi connectivity index (χ0n) is 24.0. The van der Waals surface area contributed by atoms with Crippen molar-refractivity contribution in [2.45, 2.75) is 45.7 Å².